The van der Waals surface area contributed by atoms with E-state index in [1.807, 2.05) is 26.0 Å². The molecule has 1 aliphatic carbocycles. The molecule has 1 saturated heterocycles. The third kappa shape index (κ3) is 6.34. The molecule has 0 bridgehead atoms. The number of rotatable bonds is 8. The fourth-order valence-corrected chi connectivity index (χ4v) is 5.06. The predicted molar refractivity (Wildman–Crippen MR) is 143 cm³/mol. The molecule has 0 saturated carbocycles. The third-order valence-electron chi connectivity index (χ3n) is 6.88. The van der Waals surface area contributed by atoms with Crippen LogP contribution < -0.4 is 4.90 Å². The zero-order chi connectivity index (χ0) is 24.9. The topological polar surface area (TPSA) is 53.5 Å². The maximum Gasteiger partial charge on any atom is 0.163 e. The van der Waals surface area contributed by atoms with E-state index in [0.29, 0.717) is 24.8 Å². The molecule has 1 aliphatic heterocycles. The summed E-state index contributed by atoms with van der Waals surface area (Å²) in [7, 11) is 4.12. The average Bonchev–Trinajstić information content (AvgIpc) is 2.83. The van der Waals surface area contributed by atoms with Gasteiger partial charge in [0.25, 0.3) is 0 Å². The molecule has 1 aromatic heterocycles. The first-order valence-electron chi connectivity index (χ1n) is 12.7. The van der Waals surface area contributed by atoms with Gasteiger partial charge in [-0.3, -0.25) is 9.59 Å². The molecule has 2 heterocycles. The lowest BCUT2D eigenvalue weighted by molar-refractivity contribution is -0.115. The monoisotopic (exact) mass is 471 g/mol. The van der Waals surface area contributed by atoms with Crippen molar-refractivity contribution in [2.45, 2.75) is 58.9 Å². The number of piperidine rings is 1. The van der Waals surface area contributed by atoms with Gasteiger partial charge in [-0.05, 0) is 82.5 Å². The van der Waals surface area contributed by atoms with E-state index in [9.17, 15) is 9.59 Å². The Kier molecular flexibility index (Phi) is 7.97. The summed E-state index contributed by atoms with van der Waals surface area (Å²) >= 11 is 0. The van der Waals surface area contributed by atoms with Gasteiger partial charge in [0.15, 0.2) is 11.6 Å². The lowest BCUT2D eigenvalue weighted by atomic mass is 9.89. The van der Waals surface area contributed by atoms with Crippen LogP contribution in [-0.2, 0) is 11.3 Å². The van der Waals surface area contributed by atoms with Crippen LogP contribution in [-0.4, -0.2) is 48.6 Å². The van der Waals surface area contributed by atoms with Crippen molar-refractivity contribution in [1.82, 2.24) is 9.88 Å². The second-order valence-electron chi connectivity index (χ2n) is 10.3. The number of aromatic nitrogens is 1. The van der Waals surface area contributed by atoms with E-state index < -0.39 is 0 Å². The van der Waals surface area contributed by atoms with Crippen LogP contribution in [0.1, 0.15) is 68.3 Å². The first-order valence-corrected chi connectivity index (χ1v) is 12.7. The lowest BCUT2D eigenvalue weighted by Crippen LogP contribution is -2.30. The molecular formula is C30H37N3O2. The summed E-state index contributed by atoms with van der Waals surface area (Å²) in [6.07, 6.45) is 6.89. The molecular weight excluding hydrogens is 434 g/mol. The highest BCUT2D eigenvalue weighted by atomic mass is 16.1. The Morgan fingerprint density at radius 3 is 2.40 bits per heavy atom. The molecule has 0 N–H and O–H groups in total. The number of nitrogens with zero attached hydrogens (tertiary/aromatic N) is 3. The van der Waals surface area contributed by atoms with Gasteiger partial charge in [0.2, 0.25) is 0 Å². The second-order valence-corrected chi connectivity index (χ2v) is 10.3. The quantitative estimate of drug-likeness (QED) is 0.442. The van der Waals surface area contributed by atoms with E-state index in [1.165, 1.54) is 12.0 Å². The van der Waals surface area contributed by atoms with Gasteiger partial charge in [-0.25, -0.2) is 4.98 Å². The van der Waals surface area contributed by atoms with E-state index in [2.05, 4.69) is 54.2 Å². The Balaban J connectivity index is 1.61. The van der Waals surface area contributed by atoms with Gasteiger partial charge < -0.3 is 9.80 Å². The number of Topliss-reactive ketones (excluding diaryl/α,β-unsaturated/α-hetero) is 2. The molecule has 1 fully saturated rings. The van der Waals surface area contributed by atoms with Gasteiger partial charge in [-0.2, -0.15) is 0 Å². The number of carbonyl (C=O) groups is 2. The van der Waals surface area contributed by atoms with Crippen LogP contribution in [0.4, 0.5) is 5.82 Å². The fraction of sp³-hybridized carbons (Fsp3) is 0.433. The Morgan fingerprint density at radius 2 is 1.74 bits per heavy atom. The Morgan fingerprint density at radius 1 is 1.03 bits per heavy atom. The molecule has 2 aromatic rings. The van der Waals surface area contributed by atoms with Crippen LogP contribution in [0.5, 0.6) is 0 Å². The summed E-state index contributed by atoms with van der Waals surface area (Å²) < 4.78 is 0. The van der Waals surface area contributed by atoms with Crippen molar-refractivity contribution in [3.8, 4) is 11.3 Å². The summed E-state index contributed by atoms with van der Waals surface area (Å²) in [5.74, 6) is 1.10. The molecule has 0 spiro atoms. The Bertz CT molecular complexity index is 1150. The van der Waals surface area contributed by atoms with Crippen molar-refractivity contribution in [1.29, 1.82) is 0 Å². The first-order chi connectivity index (χ1) is 16.8. The maximum absolute atomic E-state index is 13.4. The number of allylic oxidation sites excluding steroid dienone is 4. The third-order valence-corrected chi connectivity index (χ3v) is 6.88. The zero-order valence-corrected chi connectivity index (χ0v) is 21.6. The molecule has 0 atom stereocenters. The second kappa shape index (κ2) is 11.1. The maximum atomic E-state index is 13.4. The summed E-state index contributed by atoms with van der Waals surface area (Å²) in [5.41, 5.74) is 6.65. The number of anilines is 1. The predicted octanol–water partition coefficient (Wildman–Crippen LogP) is 6.00. The molecule has 1 aromatic carbocycles. The van der Waals surface area contributed by atoms with Crippen molar-refractivity contribution < 1.29 is 9.59 Å². The van der Waals surface area contributed by atoms with E-state index in [0.717, 1.165) is 66.3 Å². The summed E-state index contributed by atoms with van der Waals surface area (Å²) in [4.78, 5) is 35.3. The molecule has 5 heteroatoms. The van der Waals surface area contributed by atoms with Gasteiger partial charge in [0.1, 0.15) is 5.82 Å². The Hall–Kier alpha value is -3.05. The molecule has 0 amide bonds. The van der Waals surface area contributed by atoms with Crippen LogP contribution >= 0.6 is 0 Å². The molecule has 5 nitrogen and oxygen atoms in total. The molecule has 0 unspecified atom stereocenters. The standard InChI is InChI=1S/C30H37N3O2/c1-21-16-22(2)26(29(35)17-21)12-13-28(34)25-18-27(24-10-8-23(9-11-24)20-32(3)4)31-30(19-25)33-14-6-5-7-15-33/h8-11,16,18-19H,5-7,12-15,17,20H2,1-4H3. The van der Waals surface area contributed by atoms with Crippen LogP contribution in [0.3, 0.4) is 0 Å². The van der Waals surface area contributed by atoms with E-state index in [1.54, 1.807) is 0 Å². The molecule has 0 radical (unpaired) electrons. The SMILES string of the molecule is CC1=CC(C)=C(CCC(=O)c2cc(-c3ccc(CN(C)C)cc3)nc(N3CCCCC3)c2)C(=O)C1. The highest BCUT2D eigenvalue weighted by Gasteiger charge is 2.21. The fourth-order valence-electron chi connectivity index (χ4n) is 5.06. The summed E-state index contributed by atoms with van der Waals surface area (Å²) in [6.45, 7) is 6.78. The van der Waals surface area contributed by atoms with Gasteiger partial charge in [-0.1, -0.05) is 35.9 Å². The molecule has 4 rings (SSSR count). The molecule has 184 valence electrons. The number of hydrogen-bond donors (Lipinski definition) is 0. The minimum Gasteiger partial charge on any atom is -0.357 e. The summed E-state index contributed by atoms with van der Waals surface area (Å²) in [6, 6.07) is 12.3. The van der Waals surface area contributed by atoms with E-state index in [4.69, 9.17) is 4.98 Å². The van der Waals surface area contributed by atoms with E-state index >= 15 is 0 Å². The summed E-state index contributed by atoms with van der Waals surface area (Å²) in [5, 5.41) is 0. The van der Waals surface area contributed by atoms with Gasteiger partial charge in [-0.15, -0.1) is 0 Å². The van der Waals surface area contributed by atoms with Gasteiger partial charge in [0, 0.05) is 43.6 Å². The molecule has 35 heavy (non-hydrogen) atoms. The first kappa shape index (κ1) is 25.1. The van der Waals surface area contributed by atoms with Crippen LogP contribution in [0, 0.1) is 0 Å². The zero-order valence-electron chi connectivity index (χ0n) is 21.6. The minimum atomic E-state index is 0.0653. The van der Waals surface area contributed by atoms with Gasteiger partial charge >= 0.3 is 0 Å². The normalized spacial score (nSPS) is 16.7. The van der Waals surface area contributed by atoms with Crippen LogP contribution in [0.2, 0.25) is 0 Å². The largest absolute Gasteiger partial charge is 0.357 e. The minimum absolute atomic E-state index is 0.0653. The average molecular weight is 472 g/mol. The van der Waals surface area contributed by atoms with Crippen molar-refractivity contribution >= 4 is 17.4 Å². The van der Waals surface area contributed by atoms with Crippen molar-refractivity contribution in [2.24, 2.45) is 0 Å². The Labute approximate surface area is 209 Å². The van der Waals surface area contributed by atoms with Crippen LogP contribution in [0.25, 0.3) is 11.3 Å². The highest BCUT2D eigenvalue weighted by Crippen LogP contribution is 2.28. The number of benzene rings is 1. The lowest BCUT2D eigenvalue weighted by Gasteiger charge is -2.28. The highest BCUT2D eigenvalue weighted by molar-refractivity contribution is 6.02. The van der Waals surface area contributed by atoms with Crippen molar-refractivity contribution in [3.63, 3.8) is 0 Å². The number of ketones is 2. The molecule has 2 aliphatic rings. The van der Waals surface area contributed by atoms with E-state index in [-0.39, 0.29) is 11.6 Å². The smallest absolute Gasteiger partial charge is 0.163 e. The van der Waals surface area contributed by atoms with Crippen molar-refractivity contribution in [2.75, 3.05) is 32.1 Å². The number of hydrogen-bond acceptors (Lipinski definition) is 5. The van der Waals surface area contributed by atoms with Gasteiger partial charge in [0.05, 0.1) is 5.69 Å². The van der Waals surface area contributed by atoms with Crippen LogP contribution in [0.15, 0.2) is 59.2 Å². The number of pyridine rings is 1. The number of carbonyl (C=O) groups excluding carboxylic acids is 2. The van der Waals surface area contributed by atoms with Crippen molar-refractivity contribution in [3.05, 3.63) is 70.3 Å².